The van der Waals surface area contributed by atoms with Gasteiger partial charge in [-0.05, 0) is 19.6 Å². The molecular formula is C17H38N+. The Morgan fingerprint density at radius 1 is 0.889 bits per heavy atom. The van der Waals surface area contributed by atoms with Crippen LogP contribution < -0.4 is 0 Å². The van der Waals surface area contributed by atoms with Gasteiger partial charge in [0.1, 0.15) is 0 Å². The third kappa shape index (κ3) is 11.1. The zero-order valence-electron chi connectivity index (χ0n) is 39.4. The first kappa shape index (κ1) is 2.45. The van der Waals surface area contributed by atoms with Gasteiger partial charge in [0, 0.05) is 38.4 Å². The Hall–Kier alpha value is -0.0400. The molecule has 0 heterocycles. The van der Waals surface area contributed by atoms with Crippen molar-refractivity contribution in [3.8, 4) is 0 Å². The molecule has 0 aliphatic heterocycles. The van der Waals surface area contributed by atoms with Crippen LogP contribution in [0.15, 0.2) is 0 Å². The summed E-state index contributed by atoms with van der Waals surface area (Å²) in [6, 6.07) is -3.71. The fraction of sp³-hybridized carbons (Fsp3) is 1.00. The zero-order chi connectivity index (χ0) is 39.5. The van der Waals surface area contributed by atoms with Gasteiger partial charge < -0.3 is 4.48 Å². The third-order valence-corrected chi connectivity index (χ3v) is 1.41. The van der Waals surface area contributed by atoms with Crippen LogP contribution in [0.1, 0.15) is 124 Å². The Labute approximate surface area is 157 Å². The van der Waals surface area contributed by atoms with Crippen molar-refractivity contribution in [3.05, 3.63) is 0 Å². The van der Waals surface area contributed by atoms with Crippen LogP contribution in [0.2, 0.25) is 0 Å². The Kier molecular flexibility index (Phi) is 1.47. The van der Waals surface area contributed by atoms with E-state index in [-0.39, 0.29) is 0 Å². The fourth-order valence-corrected chi connectivity index (χ4v) is 0.508. The highest BCUT2D eigenvalue weighted by atomic mass is 15.3. The minimum atomic E-state index is -4.96. The normalized spacial score (nSPS) is 49.6. The topological polar surface area (TPSA) is 0 Å². The van der Waals surface area contributed by atoms with Gasteiger partial charge in [-0.2, -0.15) is 0 Å². The molecule has 0 amide bonds. The summed E-state index contributed by atoms with van der Waals surface area (Å²) >= 11 is 0. The SMILES string of the molecule is [2H]C([2H])([2H])C([2H])([2H])C([2H])([2H])C([2H])([2H])C([2H])([2H])C([2H])([2H])C([2H])([2H])C([2H])([2H])C([2H])([2H])C([2H])([2H])C([2H])([2H])C([2H])([2H])C([2H])(C([2H])([2H])[2H])[N+](C)(C)C. The Bertz CT molecular complexity index is 1130. The van der Waals surface area contributed by atoms with Gasteiger partial charge in [-0.3, -0.25) is 0 Å². The van der Waals surface area contributed by atoms with Crippen molar-refractivity contribution in [2.45, 2.75) is 89.8 Å². The van der Waals surface area contributed by atoms with Gasteiger partial charge in [-0.25, -0.2) is 0 Å². The van der Waals surface area contributed by atoms with Crippen LogP contribution in [-0.2, 0) is 0 Å². The second kappa shape index (κ2) is 10.8. The van der Waals surface area contributed by atoms with E-state index >= 15 is 0 Å². The molecule has 18 heavy (non-hydrogen) atoms. The van der Waals surface area contributed by atoms with E-state index in [0.29, 0.717) is 0 Å². The average molecular weight is 286 g/mol. The maximum atomic E-state index is 8.53. The molecule has 0 saturated heterocycles. The number of hydrogen-bond acceptors (Lipinski definition) is 0. The van der Waals surface area contributed by atoms with Gasteiger partial charge in [0.25, 0.3) is 0 Å². The molecule has 1 unspecified atom stereocenters. The van der Waals surface area contributed by atoms with Crippen LogP contribution in [0.3, 0.4) is 0 Å². The number of rotatable bonds is 12. The van der Waals surface area contributed by atoms with E-state index in [0.717, 1.165) is 21.1 Å². The van der Waals surface area contributed by atoms with E-state index in [1.807, 2.05) is 0 Å². The smallest absolute Gasteiger partial charge is 0.0958 e. The van der Waals surface area contributed by atoms with Crippen molar-refractivity contribution in [2.75, 3.05) is 21.1 Å². The van der Waals surface area contributed by atoms with Gasteiger partial charge >= 0.3 is 0 Å². The standard InChI is InChI=1S/C17H38N/c1-6-7-8-9-10-11-12-13-14-15-16-17(2)18(3,4)5/h17H,6-16H2,1-5H3/q+1/i1D3,2D3,6D2,7D2,8D2,9D2,10D2,11D2,12D2,13D2,14D2,15D2,16D2,17D. The molecule has 0 N–H and O–H groups in total. The second-order valence-electron chi connectivity index (χ2n) is 3.74. The molecule has 0 saturated carbocycles. The summed E-state index contributed by atoms with van der Waals surface area (Å²) in [6.45, 7) is -7.86. The van der Waals surface area contributed by atoms with Crippen LogP contribution in [0, 0.1) is 0 Å². The first-order valence-corrected chi connectivity index (χ1v) is 4.82. The van der Waals surface area contributed by atoms with E-state index in [2.05, 4.69) is 0 Å². The molecule has 0 spiro atoms. The lowest BCUT2D eigenvalue weighted by atomic mass is 10.0. The molecule has 1 heteroatoms. The summed E-state index contributed by atoms with van der Waals surface area (Å²) < 4.78 is 231. The van der Waals surface area contributed by atoms with Gasteiger partial charge in [0.2, 0.25) is 0 Å². The van der Waals surface area contributed by atoms with E-state index < -0.39 is 94.3 Å². The van der Waals surface area contributed by atoms with Gasteiger partial charge in [0.05, 0.1) is 28.5 Å². The van der Waals surface area contributed by atoms with E-state index in [4.69, 9.17) is 39.8 Å². The van der Waals surface area contributed by atoms with Crippen molar-refractivity contribution in [1.82, 2.24) is 0 Å². The summed E-state index contributed by atoms with van der Waals surface area (Å²) in [6.07, 6.45) is -52.0. The lowest BCUT2D eigenvalue weighted by Crippen LogP contribution is -2.43. The van der Waals surface area contributed by atoms with Crippen molar-refractivity contribution < 1.29 is 44.2 Å². The molecule has 1 atom stereocenters. The van der Waals surface area contributed by atoms with Crippen molar-refractivity contribution in [2.24, 2.45) is 0 Å². The average Bonchev–Trinajstić information content (AvgIpc) is 2.79. The molecule has 0 radical (unpaired) electrons. The molecule has 0 bridgehead atoms. The van der Waals surface area contributed by atoms with Gasteiger partial charge in [0.15, 0.2) is 0 Å². The van der Waals surface area contributed by atoms with Gasteiger partial charge in [-0.15, -0.1) is 0 Å². The molecule has 0 aromatic heterocycles. The molecule has 110 valence electrons. The lowest BCUT2D eigenvalue weighted by Gasteiger charge is -2.31. The maximum absolute atomic E-state index is 8.53. The highest BCUT2D eigenvalue weighted by Gasteiger charge is 2.16. The molecule has 1 nitrogen and oxygen atoms in total. The Morgan fingerprint density at radius 2 is 1.39 bits per heavy atom. The van der Waals surface area contributed by atoms with Crippen LogP contribution in [0.25, 0.3) is 0 Å². The fourth-order valence-electron chi connectivity index (χ4n) is 0.508. The summed E-state index contributed by atoms with van der Waals surface area (Å²) in [5, 5.41) is 0. The number of hydrogen-bond donors (Lipinski definition) is 0. The van der Waals surface area contributed by atoms with E-state index in [9.17, 15) is 0 Å². The second-order valence-corrected chi connectivity index (χ2v) is 3.74. The van der Waals surface area contributed by atoms with Crippen LogP contribution in [0.5, 0.6) is 0 Å². The maximum Gasteiger partial charge on any atom is 0.0958 e. The van der Waals surface area contributed by atoms with Crippen LogP contribution in [0.4, 0.5) is 0 Å². The minimum absolute atomic E-state index is 0.896. The number of nitrogens with zero attached hydrogens (tertiary/aromatic N) is 1. The molecule has 0 fully saturated rings. The van der Waals surface area contributed by atoms with Crippen LogP contribution in [-0.4, -0.2) is 31.6 Å². The lowest BCUT2D eigenvalue weighted by molar-refractivity contribution is -0.894. The summed E-state index contributed by atoms with van der Waals surface area (Å²) in [5.74, 6) is 0. The Balaban J connectivity index is 7.72. The Morgan fingerprint density at radius 3 is 1.83 bits per heavy atom. The van der Waals surface area contributed by atoms with Gasteiger partial charge in [-0.1, -0.05) is 64.2 Å². The number of quaternary nitrogens is 1. The summed E-state index contributed by atoms with van der Waals surface area (Å²) in [5.41, 5.74) is 0. The first-order chi connectivity index (χ1) is 19.5. The van der Waals surface area contributed by atoms with E-state index in [1.54, 1.807) is 0 Å². The largest absolute Gasteiger partial charge is 0.329 e. The quantitative estimate of drug-likeness (QED) is 0.422. The molecule has 0 rings (SSSR count). The highest BCUT2D eigenvalue weighted by molar-refractivity contribution is 4.52. The minimum Gasteiger partial charge on any atom is -0.329 e. The molecular weight excluding hydrogens is 218 g/mol. The highest BCUT2D eigenvalue weighted by Crippen LogP contribution is 2.14. The summed E-state index contributed by atoms with van der Waals surface area (Å²) in [4.78, 5) is 0. The van der Waals surface area contributed by atoms with Crippen molar-refractivity contribution in [1.29, 1.82) is 0 Å². The molecule has 0 aliphatic rings. The van der Waals surface area contributed by atoms with Crippen molar-refractivity contribution >= 4 is 0 Å². The van der Waals surface area contributed by atoms with Crippen molar-refractivity contribution in [3.63, 3.8) is 0 Å². The molecule has 0 aromatic carbocycles. The third-order valence-electron chi connectivity index (χ3n) is 1.41. The predicted molar refractivity (Wildman–Crippen MR) is 84.0 cm³/mol. The monoisotopic (exact) mass is 285 g/mol. The predicted octanol–water partition coefficient (Wildman–Crippen LogP) is 5.39. The van der Waals surface area contributed by atoms with E-state index in [1.165, 1.54) is 0 Å². The molecule has 0 aliphatic carbocycles. The summed E-state index contributed by atoms with van der Waals surface area (Å²) in [7, 11) is 2.69. The first-order valence-electron chi connectivity index (χ1n) is 19.3. The zero-order valence-corrected chi connectivity index (χ0v) is 10.4. The molecule has 0 aromatic rings. The van der Waals surface area contributed by atoms with Crippen LogP contribution >= 0.6 is 0 Å².